The minimum Gasteiger partial charge on any atom is -0.344 e. The van der Waals surface area contributed by atoms with Crippen molar-refractivity contribution in [2.75, 3.05) is 20.1 Å². The van der Waals surface area contributed by atoms with Gasteiger partial charge >= 0.3 is 0 Å². The molecule has 1 amide bonds. The van der Waals surface area contributed by atoms with Crippen LogP contribution in [0.1, 0.15) is 5.56 Å². The molecule has 2 N–H and O–H groups in total. The first kappa shape index (κ1) is 12.0. The SMILES string of the molecule is CN(CCc1cccc(Cl)c1)C(=O)CN. The highest BCUT2D eigenvalue weighted by Crippen LogP contribution is 2.11. The van der Waals surface area contributed by atoms with Gasteiger partial charge in [-0.2, -0.15) is 0 Å². The molecule has 0 aliphatic heterocycles. The molecular formula is C11H15ClN2O. The number of carbonyl (C=O) groups excluding carboxylic acids is 1. The lowest BCUT2D eigenvalue weighted by Crippen LogP contribution is -2.34. The van der Waals surface area contributed by atoms with Crippen LogP contribution in [0.15, 0.2) is 24.3 Å². The predicted molar refractivity (Wildman–Crippen MR) is 61.8 cm³/mol. The predicted octanol–water partition coefficient (Wildman–Crippen LogP) is 1.30. The Kier molecular flexibility index (Phi) is 4.59. The molecule has 0 bridgehead atoms. The van der Waals surface area contributed by atoms with Crippen LogP contribution in [0.4, 0.5) is 0 Å². The molecule has 1 aromatic rings. The summed E-state index contributed by atoms with van der Waals surface area (Å²) in [6, 6.07) is 7.64. The molecule has 1 rings (SSSR count). The van der Waals surface area contributed by atoms with Crippen molar-refractivity contribution in [1.29, 1.82) is 0 Å². The van der Waals surface area contributed by atoms with Crippen molar-refractivity contribution >= 4 is 17.5 Å². The van der Waals surface area contributed by atoms with Crippen molar-refractivity contribution in [2.24, 2.45) is 5.73 Å². The number of likely N-dealkylation sites (N-methyl/N-ethyl adjacent to an activating group) is 1. The third-order valence-electron chi connectivity index (χ3n) is 2.23. The van der Waals surface area contributed by atoms with Gasteiger partial charge in [-0.05, 0) is 24.1 Å². The number of benzene rings is 1. The first-order chi connectivity index (χ1) is 7.13. The minimum atomic E-state index is -0.0444. The first-order valence-corrected chi connectivity index (χ1v) is 5.19. The molecule has 0 aromatic heterocycles. The van der Waals surface area contributed by atoms with E-state index in [1.165, 1.54) is 0 Å². The zero-order valence-electron chi connectivity index (χ0n) is 8.74. The van der Waals surface area contributed by atoms with Gasteiger partial charge in [0.05, 0.1) is 6.54 Å². The molecule has 0 fully saturated rings. The summed E-state index contributed by atoms with van der Waals surface area (Å²) in [6.45, 7) is 0.725. The van der Waals surface area contributed by atoms with Crippen molar-refractivity contribution in [3.63, 3.8) is 0 Å². The Bertz CT molecular complexity index is 341. The lowest BCUT2D eigenvalue weighted by Gasteiger charge is -2.15. The molecule has 0 aliphatic rings. The Morgan fingerprint density at radius 1 is 1.53 bits per heavy atom. The number of hydrogen-bond donors (Lipinski definition) is 1. The Balaban J connectivity index is 2.47. The van der Waals surface area contributed by atoms with Crippen molar-refractivity contribution < 1.29 is 4.79 Å². The minimum absolute atomic E-state index is 0.0444. The summed E-state index contributed by atoms with van der Waals surface area (Å²) in [5.41, 5.74) is 6.38. The molecule has 82 valence electrons. The van der Waals surface area contributed by atoms with Crippen molar-refractivity contribution in [1.82, 2.24) is 4.90 Å². The molecule has 15 heavy (non-hydrogen) atoms. The van der Waals surface area contributed by atoms with Crippen LogP contribution in [0.5, 0.6) is 0 Å². The van der Waals surface area contributed by atoms with Gasteiger partial charge in [0.25, 0.3) is 0 Å². The van der Waals surface area contributed by atoms with Gasteiger partial charge in [-0.1, -0.05) is 23.7 Å². The molecule has 0 spiro atoms. The van der Waals surface area contributed by atoms with Crippen molar-refractivity contribution in [3.05, 3.63) is 34.9 Å². The second kappa shape index (κ2) is 5.73. The van der Waals surface area contributed by atoms with Crippen LogP contribution in [-0.2, 0) is 11.2 Å². The Labute approximate surface area is 94.8 Å². The van der Waals surface area contributed by atoms with E-state index >= 15 is 0 Å². The maximum absolute atomic E-state index is 11.2. The average molecular weight is 227 g/mol. The van der Waals surface area contributed by atoms with Crippen molar-refractivity contribution in [3.8, 4) is 0 Å². The van der Waals surface area contributed by atoms with Gasteiger partial charge in [0, 0.05) is 18.6 Å². The number of nitrogens with zero attached hydrogens (tertiary/aromatic N) is 1. The maximum atomic E-state index is 11.2. The number of rotatable bonds is 4. The second-order valence-corrected chi connectivity index (χ2v) is 3.84. The number of nitrogens with two attached hydrogens (primary N) is 1. The lowest BCUT2D eigenvalue weighted by molar-refractivity contribution is -0.128. The van der Waals surface area contributed by atoms with Gasteiger partial charge in [-0.15, -0.1) is 0 Å². The Morgan fingerprint density at radius 3 is 2.87 bits per heavy atom. The summed E-state index contributed by atoms with van der Waals surface area (Å²) in [4.78, 5) is 12.8. The molecule has 4 heteroatoms. The summed E-state index contributed by atoms with van der Waals surface area (Å²) < 4.78 is 0. The largest absolute Gasteiger partial charge is 0.344 e. The first-order valence-electron chi connectivity index (χ1n) is 4.82. The number of carbonyl (C=O) groups is 1. The monoisotopic (exact) mass is 226 g/mol. The summed E-state index contributed by atoms with van der Waals surface area (Å²) >= 11 is 5.85. The van der Waals surface area contributed by atoms with E-state index in [0.29, 0.717) is 6.54 Å². The van der Waals surface area contributed by atoms with Gasteiger partial charge < -0.3 is 10.6 Å². The zero-order valence-corrected chi connectivity index (χ0v) is 9.50. The van der Waals surface area contributed by atoms with E-state index in [0.717, 1.165) is 17.0 Å². The fourth-order valence-corrected chi connectivity index (χ4v) is 1.48. The number of hydrogen-bond acceptors (Lipinski definition) is 2. The van der Waals surface area contributed by atoms with E-state index < -0.39 is 0 Å². The summed E-state index contributed by atoms with van der Waals surface area (Å²) in [5.74, 6) is -0.0444. The molecule has 1 aromatic carbocycles. The highest BCUT2D eigenvalue weighted by Gasteiger charge is 2.05. The molecule has 3 nitrogen and oxygen atoms in total. The second-order valence-electron chi connectivity index (χ2n) is 3.40. The third kappa shape index (κ3) is 3.90. The van der Waals surface area contributed by atoms with Gasteiger partial charge in [-0.3, -0.25) is 4.79 Å². The molecule has 0 heterocycles. The smallest absolute Gasteiger partial charge is 0.236 e. The third-order valence-corrected chi connectivity index (χ3v) is 2.46. The van der Waals surface area contributed by atoms with Crippen LogP contribution in [-0.4, -0.2) is 30.9 Å². The topological polar surface area (TPSA) is 46.3 Å². The summed E-state index contributed by atoms with van der Waals surface area (Å²) in [6.07, 6.45) is 0.794. The molecule has 0 aliphatic carbocycles. The summed E-state index contributed by atoms with van der Waals surface area (Å²) in [5, 5.41) is 0.723. The van der Waals surface area contributed by atoms with E-state index in [-0.39, 0.29) is 12.5 Å². The molecule has 0 saturated carbocycles. The fraction of sp³-hybridized carbons (Fsp3) is 0.364. The van der Waals surface area contributed by atoms with Crippen LogP contribution in [0.2, 0.25) is 5.02 Å². The average Bonchev–Trinajstić information content (AvgIpc) is 2.25. The van der Waals surface area contributed by atoms with Gasteiger partial charge in [0.1, 0.15) is 0 Å². The van der Waals surface area contributed by atoms with E-state index in [1.807, 2.05) is 24.3 Å². The molecule has 0 saturated heterocycles. The Morgan fingerprint density at radius 2 is 2.27 bits per heavy atom. The van der Waals surface area contributed by atoms with Crippen molar-refractivity contribution in [2.45, 2.75) is 6.42 Å². The van der Waals surface area contributed by atoms with Gasteiger partial charge in [0.15, 0.2) is 0 Å². The standard InChI is InChI=1S/C11H15ClN2O/c1-14(11(15)8-13)6-5-9-3-2-4-10(12)7-9/h2-4,7H,5-6,8,13H2,1H3. The van der Waals surface area contributed by atoms with Crippen LogP contribution in [0.3, 0.4) is 0 Å². The van der Waals surface area contributed by atoms with Gasteiger partial charge in [0.2, 0.25) is 5.91 Å². The number of amides is 1. The number of halogens is 1. The van der Waals surface area contributed by atoms with E-state index in [1.54, 1.807) is 11.9 Å². The maximum Gasteiger partial charge on any atom is 0.236 e. The van der Waals surface area contributed by atoms with Crippen LogP contribution in [0, 0.1) is 0 Å². The van der Waals surface area contributed by atoms with Crippen LogP contribution < -0.4 is 5.73 Å². The normalized spacial score (nSPS) is 10.1. The Hall–Kier alpha value is -1.06. The molecule has 0 radical (unpaired) electrons. The van der Waals surface area contributed by atoms with E-state index in [2.05, 4.69) is 0 Å². The van der Waals surface area contributed by atoms with E-state index in [9.17, 15) is 4.79 Å². The quantitative estimate of drug-likeness (QED) is 0.841. The highest BCUT2D eigenvalue weighted by atomic mass is 35.5. The fourth-order valence-electron chi connectivity index (χ4n) is 1.27. The molecule has 0 unspecified atom stereocenters. The lowest BCUT2D eigenvalue weighted by atomic mass is 10.1. The summed E-state index contributed by atoms with van der Waals surface area (Å²) in [7, 11) is 1.75. The van der Waals surface area contributed by atoms with E-state index in [4.69, 9.17) is 17.3 Å². The zero-order chi connectivity index (χ0) is 11.3. The van der Waals surface area contributed by atoms with Crippen LogP contribution in [0.25, 0.3) is 0 Å². The highest BCUT2D eigenvalue weighted by molar-refractivity contribution is 6.30. The van der Waals surface area contributed by atoms with Crippen LogP contribution >= 0.6 is 11.6 Å². The molecular weight excluding hydrogens is 212 g/mol. The molecule has 0 atom stereocenters. The van der Waals surface area contributed by atoms with Gasteiger partial charge in [-0.25, -0.2) is 0 Å².